The van der Waals surface area contributed by atoms with Gasteiger partial charge in [-0.3, -0.25) is 0 Å². The van der Waals surface area contributed by atoms with Crippen molar-refractivity contribution in [2.24, 2.45) is 5.92 Å². The van der Waals surface area contributed by atoms with Crippen molar-refractivity contribution in [3.63, 3.8) is 0 Å². The fraction of sp³-hybridized carbons (Fsp3) is 0.765. The summed E-state index contributed by atoms with van der Waals surface area (Å²) < 4.78 is 0. The lowest BCUT2D eigenvalue weighted by atomic mass is 9.83. The molecule has 2 aliphatic carbocycles. The van der Waals surface area contributed by atoms with Crippen LogP contribution in [-0.4, -0.2) is 6.04 Å². The molecule has 1 nitrogen and oxygen atoms in total. The monoisotopic (exact) mass is 277 g/mol. The molecule has 1 aromatic heterocycles. The van der Waals surface area contributed by atoms with Gasteiger partial charge < -0.3 is 5.32 Å². The highest BCUT2D eigenvalue weighted by molar-refractivity contribution is 7.12. The van der Waals surface area contributed by atoms with E-state index in [0.717, 1.165) is 18.5 Å². The summed E-state index contributed by atoms with van der Waals surface area (Å²) in [5.41, 5.74) is 1.65. The van der Waals surface area contributed by atoms with E-state index in [2.05, 4.69) is 29.6 Å². The largest absolute Gasteiger partial charge is 0.309 e. The molecule has 0 aliphatic heterocycles. The fourth-order valence-electron chi connectivity index (χ4n) is 3.79. The first-order chi connectivity index (χ1) is 9.35. The third-order valence-electron chi connectivity index (χ3n) is 4.91. The SMILES string of the molecule is CCCC1CCC(NCc2cc3c(s2)CCC3)CC1. The van der Waals surface area contributed by atoms with Gasteiger partial charge in [0, 0.05) is 22.3 Å². The van der Waals surface area contributed by atoms with E-state index in [-0.39, 0.29) is 0 Å². The summed E-state index contributed by atoms with van der Waals surface area (Å²) in [5.74, 6) is 1.02. The van der Waals surface area contributed by atoms with Gasteiger partial charge in [-0.2, -0.15) is 0 Å². The number of aryl methyl sites for hydroxylation is 2. The summed E-state index contributed by atoms with van der Waals surface area (Å²) in [6, 6.07) is 3.24. The molecule has 3 rings (SSSR count). The topological polar surface area (TPSA) is 12.0 Å². The maximum absolute atomic E-state index is 3.80. The Morgan fingerprint density at radius 3 is 2.79 bits per heavy atom. The van der Waals surface area contributed by atoms with E-state index in [4.69, 9.17) is 0 Å². The van der Waals surface area contributed by atoms with Gasteiger partial charge in [0.1, 0.15) is 0 Å². The van der Waals surface area contributed by atoms with Crippen molar-refractivity contribution in [1.29, 1.82) is 0 Å². The van der Waals surface area contributed by atoms with Crippen molar-refractivity contribution in [2.45, 2.75) is 77.3 Å². The summed E-state index contributed by atoms with van der Waals surface area (Å²) in [7, 11) is 0. The van der Waals surface area contributed by atoms with E-state index in [1.54, 1.807) is 15.3 Å². The minimum Gasteiger partial charge on any atom is -0.309 e. The molecule has 1 aromatic rings. The highest BCUT2D eigenvalue weighted by Crippen LogP contribution is 2.31. The second kappa shape index (κ2) is 6.41. The highest BCUT2D eigenvalue weighted by atomic mass is 32.1. The zero-order valence-corrected chi connectivity index (χ0v) is 13.0. The molecule has 1 saturated carbocycles. The van der Waals surface area contributed by atoms with Gasteiger partial charge in [0.2, 0.25) is 0 Å². The lowest BCUT2D eigenvalue weighted by molar-refractivity contribution is 0.278. The van der Waals surface area contributed by atoms with E-state index < -0.39 is 0 Å². The Labute approximate surface area is 121 Å². The smallest absolute Gasteiger partial charge is 0.0302 e. The van der Waals surface area contributed by atoms with E-state index in [1.807, 2.05) is 0 Å². The van der Waals surface area contributed by atoms with Crippen molar-refractivity contribution in [3.8, 4) is 0 Å². The Balaban J connectivity index is 1.43. The molecule has 1 heterocycles. The van der Waals surface area contributed by atoms with Gasteiger partial charge in [-0.1, -0.05) is 19.8 Å². The zero-order chi connectivity index (χ0) is 13.1. The van der Waals surface area contributed by atoms with Gasteiger partial charge in [-0.15, -0.1) is 11.3 Å². The van der Waals surface area contributed by atoms with Gasteiger partial charge in [0.15, 0.2) is 0 Å². The Hall–Kier alpha value is -0.340. The molecule has 0 unspecified atom stereocenters. The molecule has 0 bridgehead atoms. The Morgan fingerprint density at radius 2 is 2.05 bits per heavy atom. The molecule has 1 fully saturated rings. The molecule has 106 valence electrons. The lowest BCUT2D eigenvalue weighted by Crippen LogP contribution is -2.32. The normalized spacial score (nSPS) is 26.6. The maximum atomic E-state index is 3.80. The highest BCUT2D eigenvalue weighted by Gasteiger charge is 2.20. The molecular formula is C17H27NS. The van der Waals surface area contributed by atoms with Crippen LogP contribution < -0.4 is 5.32 Å². The molecule has 0 atom stereocenters. The number of hydrogen-bond donors (Lipinski definition) is 1. The van der Waals surface area contributed by atoms with Crippen LogP contribution in [0.3, 0.4) is 0 Å². The van der Waals surface area contributed by atoms with Gasteiger partial charge in [0.25, 0.3) is 0 Å². The van der Waals surface area contributed by atoms with Crippen molar-refractivity contribution in [3.05, 3.63) is 21.4 Å². The molecular weight excluding hydrogens is 250 g/mol. The van der Waals surface area contributed by atoms with Crippen LogP contribution >= 0.6 is 11.3 Å². The van der Waals surface area contributed by atoms with Crippen LogP contribution in [0.1, 0.15) is 67.2 Å². The number of thiophene rings is 1. The van der Waals surface area contributed by atoms with Crippen LogP contribution in [0.15, 0.2) is 6.07 Å². The minimum atomic E-state index is 0.782. The molecule has 19 heavy (non-hydrogen) atoms. The van der Waals surface area contributed by atoms with Crippen LogP contribution in [0, 0.1) is 5.92 Å². The fourth-order valence-corrected chi connectivity index (χ4v) is 5.00. The zero-order valence-electron chi connectivity index (χ0n) is 12.2. The van der Waals surface area contributed by atoms with Gasteiger partial charge in [-0.05, 0) is 62.5 Å². The molecule has 2 heteroatoms. The molecule has 2 aliphatic rings. The molecule has 0 saturated heterocycles. The average molecular weight is 277 g/mol. The molecule has 0 spiro atoms. The van der Waals surface area contributed by atoms with Crippen molar-refractivity contribution < 1.29 is 0 Å². The van der Waals surface area contributed by atoms with Crippen LogP contribution in [-0.2, 0) is 19.4 Å². The molecule has 0 amide bonds. The van der Waals surface area contributed by atoms with Crippen LogP contribution in [0.5, 0.6) is 0 Å². The summed E-state index contributed by atoms with van der Waals surface area (Å²) in [6.45, 7) is 3.43. The minimum absolute atomic E-state index is 0.782. The van der Waals surface area contributed by atoms with Crippen LogP contribution in [0.25, 0.3) is 0 Å². The van der Waals surface area contributed by atoms with Crippen LogP contribution in [0.4, 0.5) is 0 Å². The summed E-state index contributed by atoms with van der Waals surface area (Å²) in [5, 5.41) is 3.80. The third-order valence-corrected chi connectivity index (χ3v) is 6.14. The number of rotatable bonds is 5. The summed E-state index contributed by atoms with van der Waals surface area (Å²) in [4.78, 5) is 3.24. The van der Waals surface area contributed by atoms with E-state index in [9.17, 15) is 0 Å². The molecule has 0 radical (unpaired) electrons. The Bertz CT molecular complexity index is 380. The van der Waals surface area contributed by atoms with Crippen molar-refractivity contribution >= 4 is 11.3 Å². The van der Waals surface area contributed by atoms with E-state index >= 15 is 0 Å². The third kappa shape index (κ3) is 3.41. The Morgan fingerprint density at radius 1 is 1.21 bits per heavy atom. The number of nitrogens with one attached hydrogen (secondary N) is 1. The van der Waals surface area contributed by atoms with Crippen molar-refractivity contribution in [1.82, 2.24) is 5.32 Å². The standard InChI is InChI=1S/C17H27NS/c1-2-4-13-7-9-15(10-8-13)18-12-16-11-14-5-3-6-17(14)19-16/h11,13,15,18H,2-10,12H2,1H3. The van der Waals surface area contributed by atoms with Crippen LogP contribution in [0.2, 0.25) is 0 Å². The molecule has 1 N–H and O–H groups in total. The number of hydrogen-bond acceptors (Lipinski definition) is 2. The van der Waals surface area contributed by atoms with Gasteiger partial charge >= 0.3 is 0 Å². The quantitative estimate of drug-likeness (QED) is 0.823. The first kappa shape index (κ1) is 13.6. The first-order valence-corrected chi connectivity index (χ1v) is 9.00. The molecule has 0 aromatic carbocycles. The Kier molecular flexibility index (Phi) is 4.60. The number of fused-ring (bicyclic) bond motifs is 1. The second-order valence-corrected chi connectivity index (χ2v) is 7.62. The lowest BCUT2D eigenvalue weighted by Gasteiger charge is -2.29. The second-order valence-electron chi connectivity index (χ2n) is 6.40. The maximum Gasteiger partial charge on any atom is 0.0302 e. The predicted molar refractivity (Wildman–Crippen MR) is 83.8 cm³/mol. The van der Waals surface area contributed by atoms with E-state index in [0.29, 0.717) is 0 Å². The van der Waals surface area contributed by atoms with Gasteiger partial charge in [0.05, 0.1) is 0 Å². The summed E-state index contributed by atoms with van der Waals surface area (Å²) in [6.07, 6.45) is 12.6. The average Bonchev–Trinajstić information content (AvgIpc) is 2.99. The van der Waals surface area contributed by atoms with Gasteiger partial charge in [-0.25, -0.2) is 0 Å². The van der Waals surface area contributed by atoms with Crippen molar-refractivity contribution in [2.75, 3.05) is 0 Å². The first-order valence-electron chi connectivity index (χ1n) is 8.19. The predicted octanol–water partition coefficient (Wildman–Crippen LogP) is 4.69. The van der Waals surface area contributed by atoms with E-state index in [1.165, 1.54) is 57.8 Å². The summed E-state index contributed by atoms with van der Waals surface area (Å²) >= 11 is 2.06.